The molecule has 0 aromatic heterocycles. The van der Waals surface area contributed by atoms with Gasteiger partial charge < -0.3 is 10.1 Å². The molecule has 1 heterocycles. The Bertz CT molecular complexity index is 1240. The van der Waals surface area contributed by atoms with Gasteiger partial charge in [0.2, 0.25) is 0 Å². The fraction of sp³-hybridized carbons (Fsp3) is 0.214. The van der Waals surface area contributed by atoms with Crippen molar-refractivity contribution in [3.63, 3.8) is 0 Å². The number of imide groups is 1. The van der Waals surface area contributed by atoms with Crippen LogP contribution in [0.5, 0.6) is 5.75 Å². The van der Waals surface area contributed by atoms with Crippen LogP contribution in [0.25, 0.3) is 5.57 Å². The maximum Gasteiger partial charge on any atom is 0.282 e. The zero-order valence-electron chi connectivity index (χ0n) is 19.6. The Balaban J connectivity index is 1.78. The lowest BCUT2D eigenvalue weighted by atomic mass is 10.0. The van der Waals surface area contributed by atoms with Crippen molar-refractivity contribution in [2.24, 2.45) is 0 Å². The lowest BCUT2D eigenvalue weighted by molar-refractivity contribution is -0.120. The summed E-state index contributed by atoms with van der Waals surface area (Å²) >= 11 is 0. The SMILES string of the molecule is Cc1ccc(N2C(=O)C(Nc3ccc(C)c(C)c3)=C(c3ccc(OC(C)C)cc3)C2=O)cc1. The van der Waals surface area contributed by atoms with Crippen molar-refractivity contribution in [2.75, 3.05) is 10.2 Å². The third-order valence-electron chi connectivity index (χ3n) is 5.67. The number of amides is 2. The van der Waals surface area contributed by atoms with E-state index in [4.69, 9.17) is 4.74 Å². The van der Waals surface area contributed by atoms with Crippen LogP contribution in [-0.2, 0) is 9.59 Å². The van der Waals surface area contributed by atoms with Gasteiger partial charge in [0.25, 0.3) is 11.8 Å². The van der Waals surface area contributed by atoms with E-state index in [9.17, 15) is 9.59 Å². The van der Waals surface area contributed by atoms with E-state index >= 15 is 0 Å². The summed E-state index contributed by atoms with van der Waals surface area (Å²) in [6.07, 6.45) is 0.0452. The molecule has 0 atom stereocenters. The highest BCUT2D eigenvalue weighted by Crippen LogP contribution is 2.34. The normalized spacial score (nSPS) is 13.8. The first kappa shape index (κ1) is 22.3. The molecule has 1 N–H and O–H groups in total. The van der Waals surface area contributed by atoms with Crippen LogP contribution >= 0.6 is 0 Å². The van der Waals surface area contributed by atoms with Crippen LogP contribution in [0.15, 0.2) is 72.4 Å². The number of hydrogen-bond acceptors (Lipinski definition) is 4. The van der Waals surface area contributed by atoms with Crippen LogP contribution in [0.2, 0.25) is 0 Å². The number of rotatable bonds is 6. The molecule has 1 aliphatic heterocycles. The van der Waals surface area contributed by atoms with E-state index in [1.165, 1.54) is 4.90 Å². The summed E-state index contributed by atoms with van der Waals surface area (Å²) in [5.74, 6) is -0.0162. The number of anilines is 2. The van der Waals surface area contributed by atoms with Crippen molar-refractivity contribution in [1.29, 1.82) is 0 Å². The second kappa shape index (κ2) is 8.94. The van der Waals surface area contributed by atoms with Gasteiger partial charge in [-0.15, -0.1) is 0 Å². The average Bonchev–Trinajstić information content (AvgIpc) is 3.01. The molecule has 0 saturated carbocycles. The van der Waals surface area contributed by atoms with E-state index < -0.39 is 0 Å². The average molecular weight is 441 g/mol. The highest BCUT2D eigenvalue weighted by atomic mass is 16.5. The fourth-order valence-corrected chi connectivity index (χ4v) is 3.78. The van der Waals surface area contributed by atoms with E-state index in [0.717, 1.165) is 22.4 Å². The van der Waals surface area contributed by atoms with E-state index in [-0.39, 0.29) is 23.6 Å². The third kappa shape index (κ3) is 4.53. The monoisotopic (exact) mass is 440 g/mol. The molecule has 5 nitrogen and oxygen atoms in total. The quantitative estimate of drug-likeness (QED) is 0.493. The molecular formula is C28H28N2O3. The number of carbonyl (C=O) groups is 2. The van der Waals surface area contributed by atoms with Gasteiger partial charge in [-0.25, -0.2) is 4.90 Å². The number of ether oxygens (including phenoxy) is 1. The molecular weight excluding hydrogens is 412 g/mol. The lowest BCUT2D eigenvalue weighted by Gasteiger charge is -2.16. The van der Waals surface area contributed by atoms with E-state index in [1.807, 2.05) is 89.2 Å². The molecule has 5 heteroatoms. The molecule has 0 fully saturated rings. The van der Waals surface area contributed by atoms with Gasteiger partial charge in [-0.2, -0.15) is 0 Å². The lowest BCUT2D eigenvalue weighted by Crippen LogP contribution is -2.32. The minimum absolute atomic E-state index is 0.0452. The molecule has 33 heavy (non-hydrogen) atoms. The Labute approximate surface area is 194 Å². The van der Waals surface area contributed by atoms with Gasteiger partial charge >= 0.3 is 0 Å². The first-order chi connectivity index (χ1) is 15.7. The van der Waals surface area contributed by atoms with Crippen molar-refractivity contribution in [3.8, 4) is 5.75 Å². The van der Waals surface area contributed by atoms with Gasteiger partial charge in [0, 0.05) is 5.69 Å². The topological polar surface area (TPSA) is 58.6 Å². The summed E-state index contributed by atoms with van der Waals surface area (Å²) in [6, 6.07) is 20.5. The molecule has 0 aliphatic carbocycles. The van der Waals surface area contributed by atoms with Crippen LogP contribution < -0.4 is 15.0 Å². The van der Waals surface area contributed by atoms with Crippen LogP contribution in [0.4, 0.5) is 11.4 Å². The minimum atomic E-state index is -0.375. The number of carbonyl (C=O) groups excluding carboxylic acids is 2. The number of nitrogens with zero attached hydrogens (tertiary/aromatic N) is 1. The molecule has 0 saturated heterocycles. The molecule has 3 aromatic carbocycles. The summed E-state index contributed by atoms with van der Waals surface area (Å²) in [5, 5.41) is 3.23. The summed E-state index contributed by atoms with van der Waals surface area (Å²) < 4.78 is 5.73. The Morgan fingerprint density at radius 3 is 2.06 bits per heavy atom. The summed E-state index contributed by atoms with van der Waals surface area (Å²) in [4.78, 5) is 28.3. The molecule has 168 valence electrons. The number of aryl methyl sites for hydroxylation is 3. The predicted octanol–water partition coefficient (Wildman–Crippen LogP) is 5.80. The molecule has 0 bridgehead atoms. The van der Waals surface area contributed by atoms with Crippen molar-refractivity contribution in [2.45, 2.75) is 40.7 Å². The number of nitrogens with one attached hydrogen (secondary N) is 1. The van der Waals surface area contributed by atoms with Crippen molar-refractivity contribution in [3.05, 3.63) is 94.7 Å². The van der Waals surface area contributed by atoms with Gasteiger partial charge in [0.15, 0.2) is 0 Å². The molecule has 0 spiro atoms. The van der Waals surface area contributed by atoms with E-state index in [0.29, 0.717) is 22.6 Å². The van der Waals surface area contributed by atoms with Crippen LogP contribution in [-0.4, -0.2) is 17.9 Å². The van der Waals surface area contributed by atoms with E-state index in [2.05, 4.69) is 5.32 Å². The van der Waals surface area contributed by atoms with Crippen molar-refractivity contribution >= 4 is 28.8 Å². The highest BCUT2D eigenvalue weighted by Gasteiger charge is 2.40. The predicted molar refractivity (Wildman–Crippen MR) is 132 cm³/mol. The first-order valence-electron chi connectivity index (χ1n) is 11.1. The van der Waals surface area contributed by atoms with Crippen LogP contribution in [0.3, 0.4) is 0 Å². The van der Waals surface area contributed by atoms with Crippen molar-refractivity contribution in [1.82, 2.24) is 0 Å². The number of hydrogen-bond donors (Lipinski definition) is 1. The van der Waals surface area contributed by atoms with Gasteiger partial charge in [0.1, 0.15) is 11.4 Å². The third-order valence-corrected chi connectivity index (χ3v) is 5.67. The van der Waals surface area contributed by atoms with Crippen LogP contribution in [0, 0.1) is 20.8 Å². The molecule has 3 aromatic rings. The van der Waals surface area contributed by atoms with Gasteiger partial charge in [0.05, 0.1) is 17.4 Å². The zero-order valence-corrected chi connectivity index (χ0v) is 19.6. The molecule has 2 amide bonds. The molecule has 1 aliphatic rings. The van der Waals surface area contributed by atoms with Crippen molar-refractivity contribution < 1.29 is 14.3 Å². The fourth-order valence-electron chi connectivity index (χ4n) is 3.78. The first-order valence-corrected chi connectivity index (χ1v) is 11.1. The maximum atomic E-state index is 13.6. The Morgan fingerprint density at radius 1 is 0.788 bits per heavy atom. The summed E-state index contributed by atoms with van der Waals surface area (Å²) in [6.45, 7) is 9.94. The maximum absolute atomic E-state index is 13.6. The summed E-state index contributed by atoms with van der Waals surface area (Å²) in [7, 11) is 0. The van der Waals surface area contributed by atoms with Gasteiger partial charge in [-0.05, 0) is 87.7 Å². The molecule has 0 radical (unpaired) electrons. The standard InChI is InChI=1S/C28H28N2O3/c1-17(2)33-24-14-9-21(10-15-24)25-26(29-22-11-8-19(4)20(5)16-22)28(32)30(27(25)31)23-12-6-18(3)7-13-23/h6-17,29H,1-5H3. The zero-order chi connectivity index (χ0) is 23.7. The van der Waals surface area contributed by atoms with Crippen LogP contribution in [0.1, 0.15) is 36.1 Å². The minimum Gasteiger partial charge on any atom is -0.491 e. The highest BCUT2D eigenvalue weighted by molar-refractivity contribution is 6.46. The van der Waals surface area contributed by atoms with Gasteiger partial charge in [-0.3, -0.25) is 9.59 Å². The smallest absolute Gasteiger partial charge is 0.282 e. The second-order valence-corrected chi connectivity index (χ2v) is 8.65. The molecule has 4 rings (SSSR count). The second-order valence-electron chi connectivity index (χ2n) is 8.65. The number of benzene rings is 3. The summed E-state index contributed by atoms with van der Waals surface area (Å²) in [5.41, 5.74) is 5.89. The Kier molecular flexibility index (Phi) is 6.05. The van der Waals surface area contributed by atoms with Gasteiger partial charge in [-0.1, -0.05) is 35.9 Å². The largest absolute Gasteiger partial charge is 0.491 e. The Hall–Kier alpha value is -3.86. The van der Waals surface area contributed by atoms with E-state index in [1.54, 1.807) is 12.1 Å². The Morgan fingerprint density at radius 2 is 1.45 bits per heavy atom. The molecule has 0 unspecified atom stereocenters.